The van der Waals surface area contributed by atoms with E-state index in [9.17, 15) is 19.2 Å². The fourth-order valence-electron chi connectivity index (χ4n) is 4.58. The number of hydrogen-bond donors (Lipinski definition) is 3. The molecular weight excluding hydrogens is 436 g/mol. The number of rotatable bonds is 8. The summed E-state index contributed by atoms with van der Waals surface area (Å²) in [6.45, 7) is 0.780. The molecular formula is C25H28N4O5. The van der Waals surface area contributed by atoms with Gasteiger partial charge in [0.25, 0.3) is 11.8 Å². The van der Waals surface area contributed by atoms with Crippen molar-refractivity contribution in [1.29, 1.82) is 0 Å². The second-order valence-electron chi connectivity index (χ2n) is 8.62. The maximum absolute atomic E-state index is 13.2. The molecule has 2 aromatic rings. The summed E-state index contributed by atoms with van der Waals surface area (Å²) < 4.78 is 5.20. The third kappa shape index (κ3) is 4.73. The van der Waals surface area contributed by atoms with Gasteiger partial charge in [-0.05, 0) is 43.4 Å². The van der Waals surface area contributed by atoms with E-state index in [4.69, 9.17) is 10.5 Å². The molecule has 4 amide bonds. The fraction of sp³-hybridized carbons (Fsp3) is 0.360. The Bertz CT molecular complexity index is 1100. The smallest absolute Gasteiger partial charge is 0.407 e. The molecule has 2 heterocycles. The molecule has 1 fully saturated rings. The number of fused-ring (bicyclic) bond motifs is 1. The van der Waals surface area contributed by atoms with Gasteiger partial charge in [-0.1, -0.05) is 36.4 Å². The normalized spacial score (nSPS) is 19.5. The summed E-state index contributed by atoms with van der Waals surface area (Å²) in [4.78, 5) is 51.5. The van der Waals surface area contributed by atoms with Crippen LogP contribution in [0.2, 0.25) is 0 Å². The van der Waals surface area contributed by atoms with Gasteiger partial charge in [0, 0.05) is 36.3 Å². The lowest BCUT2D eigenvalue weighted by molar-refractivity contribution is -0.143. The van der Waals surface area contributed by atoms with Gasteiger partial charge in [-0.3, -0.25) is 19.7 Å². The predicted molar refractivity (Wildman–Crippen MR) is 124 cm³/mol. The summed E-state index contributed by atoms with van der Waals surface area (Å²) in [7, 11) is 0. The molecule has 0 aromatic heterocycles. The lowest BCUT2D eigenvalue weighted by atomic mass is 9.82. The molecule has 9 nitrogen and oxygen atoms in total. The molecule has 1 saturated heterocycles. The van der Waals surface area contributed by atoms with Crippen LogP contribution in [0.15, 0.2) is 48.5 Å². The first-order valence-corrected chi connectivity index (χ1v) is 11.4. The van der Waals surface area contributed by atoms with Crippen molar-refractivity contribution in [3.05, 3.63) is 65.2 Å². The summed E-state index contributed by atoms with van der Waals surface area (Å²) in [5.41, 5.74) is 7.54. The van der Waals surface area contributed by atoms with Gasteiger partial charge < -0.3 is 20.7 Å². The Morgan fingerprint density at radius 2 is 1.88 bits per heavy atom. The molecule has 2 aliphatic heterocycles. The van der Waals surface area contributed by atoms with E-state index in [-0.39, 0.29) is 37.8 Å². The van der Waals surface area contributed by atoms with Crippen LogP contribution in [0.4, 0.5) is 10.5 Å². The van der Waals surface area contributed by atoms with Gasteiger partial charge in [-0.15, -0.1) is 0 Å². The van der Waals surface area contributed by atoms with Crippen LogP contribution in [-0.2, 0) is 27.5 Å². The van der Waals surface area contributed by atoms with E-state index >= 15 is 0 Å². The van der Waals surface area contributed by atoms with Crippen molar-refractivity contribution in [3.8, 4) is 0 Å². The highest BCUT2D eigenvalue weighted by Gasteiger charge is 2.51. The third-order valence-electron chi connectivity index (χ3n) is 6.46. The van der Waals surface area contributed by atoms with Crippen molar-refractivity contribution in [2.24, 2.45) is 0 Å². The Morgan fingerprint density at radius 3 is 2.62 bits per heavy atom. The molecule has 2 aromatic carbocycles. The fourth-order valence-corrected chi connectivity index (χ4v) is 4.58. The Hall–Kier alpha value is -3.88. The van der Waals surface area contributed by atoms with E-state index in [2.05, 4.69) is 10.6 Å². The lowest BCUT2D eigenvalue weighted by Gasteiger charge is -2.42. The number of carbonyl (C=O) groups excluding carboxylic acids is 4. The topological polar surface area (TPSA) is 131 Å². The van der Waals surface area contributed by atoms with Crippen molar-refractivity contribution < 1.29 is 23.9 Å². The Kier molecular flexibility index (Phi) is 6.81. The molecule has 0 saturated carbocycles. The number of carbonyl (C=O) groups is 4. The second kappa shape index (κ2) is 9.94. The SMILES string of the molecule is Nc1cccc2c1CN(C1(CCCCNC(=O)OCc3ccccc3)CCC(=O)NC1=O)C2=O. The summed E-state index contributed by atoms with van der Waals surface area (Å²) >= 11 is 0. The number of hydrogen-bond acceptors (Lipinski definition) is 6. The molecule has 1 unspecified atom stereocenters. The maximum Gasteiger partial charge on any atom is 0.407 e. The van der Waals surface area contributed by atoms with Crippen LogP contribution in [0.3, 0.4) is 0 Å². The number of nitrogens with zero attached hydrogens (tertiary/aromatic N) is 1. The van der Waals surface area contributed by atoms with Gasteiger partial charge in [-0.25, -0.2) is 4.79 Å². The molecule has 4 N–H and O–H groups in total. The third-order valence-corrected chi connectivity index (χ3v) is 6.46. The van der Waals surface area contributed by atoms with E-state index in [0.717, 1.165) is 5.56 Å². The summed E-state index contributed by atoms with van der Waals surface area (Å²) in [5.74, 6) is -1.06. The first kappa shape index (κ1) is 23.3. The zero-order valence-electron chi connectivity index (χ0n) is 18.8. The monoisotopic (exact) mass is 464 g/mol. The number of anilines is 1. The number of nitrogens with one attached hydrogen (secondary N) is 2. The first-order valence-electron chi connectivity index (χ1n) is 11.4. The first-order chi connectivity index (χ1) is 16.4. The molecule has 1 atom stereocenters. The van der Waals surface area contributed by atoms with E-state index < -0.39 is 17.5 Å². The van der Waals surface area contributed by atoms with E-state index in [1.54, 1.807) is 23.1 Å². The summed E-state index contributed by atoms with van der Waals surface area (Å²) in [6.07, 6.45) is 1.42. The zero-order chi connectivity index (χ0) is 24.1. The van der Waals surface area contributed by atoms with Gasteiger partial charge >= 0.3 is 6.09 Å². The molecule has 4 rings (SSSR count). The molecule has 0 radical (unpaired) electrons. The van der Waals surface area contributed by atoms with Gasteiger partial charge in [0.15, 0.2) is 0 Å². The van der Waals surface area contributed by atoms with Crippen LogP contribution in [0.1, 0.15) is 53.6 Å². The lowest BCUT2D eigenvalue weighted by Crippen LogP contribution is -2.63. The van der Waals surface area contributed by atoms with Crippen LogP contribution < -0.4 is 16.4 Å². The van der Waals surface area contributed by atoms with Crippen molar-refractivity contribution in [2.75, 3.05) is 12.3 Å². The van der Waals surface area contributed by atoms with Crippen LogP contribution in [0.5, 0.6) is 0 Å². The molecule has 0 spiro atoms. The minimum Gasteiger partial charge on any atom is -0.445 e. The number of imide groups is 1. The number of unbranched alkanes of at least 4 members (excludes halogenated alkanes) is 1. The number of piperidine rings is 1. The molecule has 0 bridgehead atoms. The Labute approximate surface area is 197 Å². The second-order valence-corrected chi connectivity index (χ2v) is 8.62. The van der Waals surface area contributed by atoms with Crippen LogP contribution in [0.25, 0.3) is 0 Å². The number of nitrogens with two attached hydrogens (primary N) is 1. The molecule has 9 heteroatoms. The molecule has 0 aliphatic carbocycles. The highest BCUT2D eigenvalue weighted by atomic mass is 16.5. The summed E-state index contributed by atoms with van der Waals surface area (Å²) in [6, 6.07) is 14.5. The van der Waals surface area contributed by atoms with Gasteiger partial charge in [0.2, 0.25) is 5.91 Å². The van der Waals surface area contributed by atoms with Gasteiger partial charge in [0.05, 0.1) is 0 Å². The minimum absolute atomic E-state index is 0.158. The van der Waals surface area contributed by atoms with Crippen LogP contribution in [-0.4, -0.2) is 40.8 Å². The van der Waals surface area contributed by atoms with Gasteiger partial charge in [-0.2, -0.15) is 0 Å². The molecule has 2 aliphatic rings. The molecule has 178 valence electrons. The average molecular weight is 465 g/mol. The zero-order valence-corrected chi connectivity index (χ0v) is 18.8. The van der Waals surface area contributed by atoms with Crippen molar-refractivity contribution in [3.63, 3.8) is 0 Å². The number of nitrogen functional groups attached to an aromatic ring is 1. The van der Waals surface area contributed by atoms with Gasteiger partial charge in [0.1, 0.15) is 12.1 Å². The largest absolute Gasteiger partial charge is 0.445 e. The number of alkyl carbamates (subject to hydrolysis) is 1. The maximum atomic E-state index is 13.2. The standard InChI is InChI=1S/C25H28N4O5/c26-20-10-6-9-18-19(20)15-29(22(18)31)25(13-11-21(30)28-23(25)32)12-4-5-14-27-24(33)34-16-17-7-2-1-3-8-17/h1-3,6-10H,4-5,11-16,26H2,(H,27,33)(H,28,30,32). The number of ether oxygens (including phenoxy) is 1. The van der Waals surface area contributed by atoms with Crippen LogP contribution >= 0.6 is 0 Å². The Balaban J connectivity index is 1.34. The summed E-state index contributed by atoms with van der Waals surface area (Å²) in [5, 5.41) is 5.12. The van der Waals surface area contributed by atoms with E-state index in [1.807, 2.05) is 30.3 Å². The van der Waals surface area contributed by atoms with E-state index in [1.165, 1.54) is 0 Å². The number of amides is 4. The van der Waals surface area contributed by atoms with Crippen molar-refractivity contribution in [1.82, 2.24) is 15.5 Å². The minimum atomic E-state index is -1.13. The van der Waals surface area contributed by atoms with Crippen molar-refractivity contribution >= 4 is 29.5 Å². The number of benzene rings is 2. The van der Waals surface area contributed by atoms with E-state index in [0.29, 0.717) is 42.6 Å². The predicted octanol–water partition coefficient (Wildman–Crippen LogP) is 2.50. The molecule has 34 heavy (non-hydrogen) atoms. The quantitative estimate of drug-likeness (QED) is 0.313. The van der Waals surface area contributed by atoms with Crippen molar-refractivity contribution in [2.45, 2.75) is 50.8 Å². The Morgan fingerprint density at radius 1 is 1.09 bits per heavy atom. The highest BCUT2D eigenvalue weighted by molar-refractivity contribution is 6.08. The highest BCUT2D eigenvalue weighted by Crippen LogP contribution is 2.39. The van der Waals surface area contributed by atoms with Crippen LogP contribution in [0, 0.1) is 0 Å². The average Bonchev–Trinajstić information content (AvgIpc) is 3.18.